The quantitative estimate of drug-likeness (QED) is 0.834. The molecule has 2 aliphatic rings. The first-order valence-electron chi connectivity index (χ1n) is 8.25. The molecular formula is C18H26N2O. The number of fused-ring (bicyclic) bond motifs is 1. The van der Waals surface area contributed by atoms with E-state index in [1.165, 1.54) is 17.5 Å². The molecule has 0 saturated carbocycles. The zero-order valence-electron chi connectivity index (χ0n) is 13.2. The number of carbonyl (C=O) groups is 1. The van der Waals surface area contributed by atoms with E-state index in [2.05, 4.69) is 47.9 Å². The Kier molecular flexibility index (Phi) is 4.29. The van der Waals surface area contributed by atoms with E-state index in [0.29, 0.717) is 11.8 Å². The smallest absolute Gasteiger partial charge is 0.239 e. The topological polar surface area (TPSA) is 23.6 Å². The molecule has 2 atom stereocenters. The molecular weight excluding hydrogens is 260 g/mol. The lowest BCUT2D eigenvalue weighted by atomic mass is 9.97. The molecule has 1 aromatic rings. The van der Waals surface area contributed by atoms with E-state index in [-0.39, 0.29) is 6.04 Å². The summed E-state index contributed by atoms with van der Waals surface area (Å²) in [4.78, 5) is 17.2. The molecule has 114 valence electrons. The van der Waals surface area contributed by atoms with Gasteiger partial charge in [0.1, 0.15) is 0 Å². The van der Waals surface area contributed by atoms with E-state index < -0.39 is 0 Å². The molecule has 0 aromatic heterocycles. The number of likely N-dealkylation sites (tertiary alicyclic amines) is 1. The van der Waals surface area contributed by atoms with Crippen molar-refractivity contribution in [2.75, 3.05) is 19.6 Å². The van der Waals surface area contributed by atoms with E-state index in [1.807, 2.05) is 0 Å². The van der Waals surface area contributed by atoms with Crippen LogP contribution < -0.4 is 0 Å². The largest absolute Gasteiger partial charge is 0.341 e. The second kappa shape index (κ2) is 6.18. The maximum Gasteiger partial charge on any atom is 0.239 e. The normalized spacial score (nSPS) is 24.5. The Hall–Kier alpha value is -1.35. The lowest BCUT2D eigenvalue weighted by Crippen LogP contribution is -2.51. The Morgan fingerprint density at radius 1 is 1.24 bits per heavy atom. The number of piperidine rings is 1. The molecule has 1 amide bonds. The highest BCUT2D eigenvalue weighted by atomic mass is 16.2. The lowest BCUT2D eigenvalue weighted by Gasteiger charge is -2.38. The molecule has 0 radical (unpaired) electrons. The van der Waals surface area contributed by atoms with Crippen molar-refractivity contribution < 1.29 is 4.79 Å². The zero-order chi connectivity index (χ0) is 14.8. The van der Waals surface area contributed by atoms with E-state index in [9.17, 15) is 4.79 Å². The van der Waals surface area contributed by atoms with Crippen LogP contribution in [-0.4, -0.2) is 41.4 Å². The van der Waals surface area contributed by atoms with Gasteiger partial charge in [0, 0.05) is 26.2 Å². The number of carbonyl (C=O) groups excluding carboxylic acids is 1. The minimum absolute atomic E-state index is 0.00339. The van der Waals surface area contributed by atoms with Crippen LogP contribution in [-0.2, 0) is 17.8 Å². The summed E-state index contributed by atoms with van der Waals surface area (Å²) in [7, 11) is 0. The van der Waals surface area contributed by atoms with Crippen molar-refractivity contribution in [3.05, 3.63) is 35.4 Å². The average Bonchev–Trinajstić information content (AvgIpc) is 2.53. The molecule has 2 unspecified atom stereocenters. The van der Waals surface area contributed by atoms with Crippen molar-refractivity contribution in [2.24, 2.45) is 5.92 Å². The molecule has 0 N–H and O–H groups in total. The van der Waals surface area contributed by atoms with Crippen molar-refractivity contribution in [1.82, 2.24) is 9.80 Å². The molecule has 0 spiro atoms. The van der Waals surface area contributed by atoms with Crippen molar-refractivity contribution in [3.8, 4) is 0 Å². The fourth-order valence-electron chi connectivity index (χ4n) is 3.66. The highest BCUT2D eigenvalue weighted by Crippen LogP contribution is 2.22. The highest BCUT2D eigenvalue weighted by molar-refractivity contribution is 5.81. The Bertz CT molecular complexity index is 514. The molecule has 1 aromatic carbocycles. The summed E-state index contributed by atoms with van der Waals surface area (Å²) < 4.78 is 0. The third-order valence-corrected chi connectivity index (χ3v) is 5.03. The minimum Gasteiger partial charge on any atom is -0.341 e. The molecule has 3 rings (SSSR count). The summed E-state index contributed by atoms with van der Waals surface area (Å²) in [5, 5.41) is 0. The van der Waals surface area contributed by atoms with Gasteiger partial charge in [-0.25, -0.2) is 0 Å². The van der Waals surface area contributed by atoms with Gasteiger partial charge in [0.2, 0.25) is 5.91 Å². The van der Waals surface area contributed by atoms with Crippen LogP contribution in [0.3, 0.4) is 0 Å². The first-order chi connectivity index (χ1) is 10.1. The van der Waals surface area contributed by atoms with Crippen LogP contribution in [0.15, 0.2) is 24.3 Å². The second-order valence-corrected chi connectivity index (χ2v) is 6.70. The van der Waals surface area contributed by atoms with Crippen LogP contribution >= 0.6 is 0 Å². The Morgan fingerprint density at radius 3 is 2.76 bits per heavy atom. The molecule has 3 nitrogen and oxygen atoms in total. The maximum atomic E-state index is 12.7. The lowest BCUT2D eigenvalue weighted by molar-refractivity contribution is -0.138. The highest BCUT2D eigenvalue weighted by Gasteiger charge is 2.30. The van der Waals surface area contributed by atoms with Gasteiger partial charge >= 0.3 is 0 Å². The van der Waals surface area contributed by atoms with Gasteiger partial charge in [0.25, 0.3) is 0 Å². The van der Waals surface area contributed by atoms with Crippen LogP contribution in [0.2, 0.25) is 0 Å². The van der Waals surface area contributed by atoms with Crippen LogP contribution in [0.25, 0.3) is 0 Å². The third-order valence-electron chi connectivity index (χ3n) is 5.03. The number of hydrogen-bond acceptors (Lipinski definition) is 2. The number of nitrogens with zero attached hydrogens (tertiary/aromatic N) is 2. The number of hydrogen-bond donors (Lipinski definition) is 0. The molecule has 1 fully saturated rings. The van der Waals surface area contributed by atoms with Gasteiger partial charge < -0.3 is 4.90 Å². The van der Waals surface area contributed by atoms with Crippen LogP contribution in [0.4, 0.5) is 0 Å². The predicted molar refractivity (Wildman–Crippen MR) is 85.0 cm³/mol. The van der Waals surface area contributed by atoms with E-state index in [4.69, 9.17) is 0 Å². The fraction of sp³-hybridized carbons (Fsp3) is 0.611. The average molecular weight is 286 g/mol. The minimum atomic E-state index is 0.00339. The predicted octanol–water partition coefficient (Wildman–Crippen LogP) is 2.69. The van der Waals surface area contributed by atoms with Gasteiger partial charge in [-0.3, -0.25) is 9.69 Å². The Balaban J connectivity index is 1.66. The number of rotatable bonds is 2. The van der Waals surface area contributed by atoms with Gasteiger partial charge in [-0.05, 0) is 43.2 Å². The molecule has 1 saturated heterocycles. The number of amides is 1. The van der Waals surface area contributed by atoms with E-state index in [0.717, 1.165) is 39.0 Å². The van der Waals surface area contributed by atoms with E-state index in [1.54, 1.807) is 0 Å². The molecule has 2 aliphatic heterocycles. The van der Waals surface area contributed by atoms with Crippen LogP contribution in [0.5, 0.6) is 0 Å². The van der Waals surface area contributed by atoms with Crippen LogP contribution in [0, 0.1) is 5.92 Å². The van der Waals surface area contributed by atoms with Gasteiger partial charge in [-0.15, -0.1) is 0 Å². The second-order valence-electron chi connectivity index (χ2n) is 6.70. The zero-order valence-corrected chi connectivity index (χ0v) is 13.2. The standard InChI is InChI=1S/C18H26N2O/c1-14-6-5-10-20(12-14)18(21)15(2)19-11-9-16-7-3-4-8-17(16)13-19/h3-4,7-8,14-15H,5-6,9-13H2,1-2H3. The van der Waals surface area contributed by atoms with Crippen molar-refractivity contribution in [3.63, 3.8) is 0 Å². The maximum absolute atomic E-state index is 12.7. The van der Waals surface area contributed by atoms with Crippen molar-refractivity contribution >= 4 is 5.91 Å². The van der Waals surface area contributed by atoms with Crippen LogP contribution in [0.1, 0.15) is 37.8 Å². The number of benzene rings is 1. The molecule has 0 aliphatic carbocycles. The third kappa shape index (κ3) is 3.13. The van der Waals surface area contributed by atoms with Crippen molar-refractivity contribution in [2.45, 2.75) is 45.7 Å². The first-order valence-corrected chi connectivity index (χ1v) is 8.25. The first kappa shape index (κ1) is 14.6. The van der Waals surface area contributed by atoms with Gasteiger partial charge in [-0.2, -0.15) is 0 Å². The van der Waals surface area contributed by atoms with Gasteiger partial charge in [0.15, 0.2) is 0 Å². The van der Waals surface area contributed by atoms with Gasteiger partial charge in [-0.1, -0.05) is 31.2 Å². The SMILES string of the molecule is CC1CCCN(C(=O)C(C)N2CCc3ccccc3C2)C1. The molecule has 0 bridgehead atoms. The molecule has 3 heteroatoms. The molecule has 21 heavy (non-hydrogen) atoms. The van der Waals surface area contributed by atoms with Crippen molar-refractivity contribution in [1.29, 1.82) is 0 Å². The monoisotopic (exact) mass is 286 g/mol. The Labute approximate surface area is 127 Å². The Morgan fingerprint density at radius 2 is 2.00 bits per heavy atom. The molecule has 2 heterocycles. The summed E-state index contributed by atoms with van der Waals surface area (Å²) in [6.07, 6.45) is 3.47. The summed E-state index contributed by atoms with van der Waals surface area (Å²) in [6, 6.07) is 8.62. The van der Waals surface area contributed by atoms with Gasteiger partial charge in [0.05, 0.1) is 6.04 Å². The summed E-state index contributed by atoms with van der Waals surface area (Å²) >= 11 is 0. The summed E-state index contributed by atoms with van der Waals surface area (Å²) in [5.74, 6) is 0.970. The van der Waals surface area contributed by atoms with E-state index >= 15 is 0 Å². The summed E-state index contributed by atoms with van der Waals surface area (Å²) in [5.41, 5.74) is 2.83. The summed E-state index contributed by atoms with van der Waals surface area (Å²) in [6.45, 7) is 8.11. The fourth-order valence-corrected chi connectivity index (χ4v) is 3.66.